The van der Waals surface area contributed by atoms with Gasteiger partial charge < -0.3 is 15.4 Å². The molecule has 1 heterocycles. The molecule has 2 atom stereocenters. The lowest BCUT2D eigenvalue weighted by Crippen LogP contribution is -2.49. The normalized spacial score (nSPS) is 22.4. The number of nitrogens with two attached hydrogens (primary N) is 1. The van der Waals surface area contributed by atoms with Crippen molar-refractivity contribution in [3.05, 3.63) is 29.8 Å². The third-order valence-corrected chi connectivity index (χ3v) is 4.12. The molecular weight excluding hydrogens is 264 g/mol. The SMILES string of the molecule is CC(C)c1cccc(OCC(=O)N2CC[C@H](N)C[C@H]2C)c1. The van der Waals surface area contributed by atoms with E-state index in [4.69, 9.17) is 10.5 Å². The van der Waals surface area contributed by atoms with Crippen LogP contribution in [0.2, 0.25) is 0 Å². The van der Waals surface area contributed by atoms with E-state index in [1.54, 1.807) is 0 Å². The molecule has 0 saturated carbocycles. The monoisotopic (exact) mass is 290 g/mol. The maximum atomic E-state index is 12.3. The summed E-state index contributed by atoms with van der Waals surface area (Å²) in [5.74, 6) is 1.26. The second kappa shape index (κ2) is 6.94. The summed E-state index contributed by atoms with van der Waals surface area (Å²) in [6, 6.07) is 8.37. The Kier molecular flexibility index (Phi) is 5.23. The van der Waals surface area contributed by atoms with Crippen LogP contribution in [-0.2, 0) is 4.79 Å². The van der Waals surface area contributed by atoms with E-state index >= 15 is 0 Å². The molecular formula is C17H26N2O2. The summed E-state index contributed by atoms with van der Waals surface area (Å²) in [6.07, 6.45) is 1.74. The first-order valence-corrected chi connectivity index (χ1v) is 7.75. The number of rotatable bonds is 4. The van der Waals surface area contributed by atoms with Gasteiger partial charge in [-0.15, -0.1) is 0 Å². The summed E-state index contributed by atoms with van der Waals surface area (Å²) >= 11 is 0. The van der Waals surface area contributed by atoms with Gasteiger partial charge in [0.15, 0.2) is 6.61 Å². The Hall–Kier alpha value is -1.55. The van der Waals surface area contributed by atoms with Gasteiger partial charge in [0.1, 0.15) is 5.75 Å². The maximum Gasteiger partial charge on any atom is 0.260 e. The minimum Gasteiger partial charge on any atom is -0.484 e. The summed E-state index contributed by atoms with van der Waals surface area (Å²) in [4.78, 5) is 14.2. The second-order valence-corrected chi connectivity index (χ2v) is 6.24. The average Bonchev–Trinajstić information content (AvgIpc) is 2.45. The molecule has 0 aliphatic carbocycles. The van der Waals surface area contributed by atoms with Gasteiger partial charge in [-0.05, 0) is 43.4 Å². The molecule has 116 valence electrons. The van der Waals surface area contributed by atoms with Crippen LogP contribution < -0.4 is 10.5 Å². The van der Waals surface area contributed by atoms with Gasteiger partial charge in [0, 0.05) is 18.6 Å². The van der Waals surface area contributed by atoms with Crippen molar-refractivity contribution in [2.45, 2.75) is 51.6 Å². The molecule has 1 aliphatic heterocycles. The highest BCUT2D eigenvalue weighted by molar-refractivity contribution is 5.78. The fourth-order valence-electron chi connectivity index (χ4n) is 2.77. The highest BCUT2D eigenvalue weighted by Gasteiger charge is 2.27. The number of hydrogen-bond donors (Lipinski definition) is 1. The van der Waals surface area contributed by atoms with Crippen LogP contribution in [0.25, 0.3) is 0 Å². The molecule has 2 N–H and O–H groups in total. The molecule has 0 bridgehead atoms. The number of benzene rings is 1. The minimum atomic E-state index is 0.0457. The van der Waals surface area contributed by atoms with Crippen LogP contribution in [0.3, 0.4) is 0 Å². The molecule has 1 aromatic rings. The molecule has 0 aromatic heterocycles. The van der Waals surface area contributed by atoms with Crippen LogP contribution >= 0.6 is 0 Å². The second-order valence-electron chi connectivity index (χ2n) is 6.24. The van der Waals surface area contributed by atoms with Gasteiger partial charge >= 0.3 is 0 Å². The van der Waals surface area contributed by atoms with E-state index in [9.17, 15) is 4.79 Å². The lowest BCUT2D eigenvalue weighted by molar-refractivity contribution is -0.136. The van der Waals surface area contributed by atoms with E-state index in [0.717, 1.165) is 25.1 Å². The Balaban J connectivity index is 1.90. The quantitative estimate of drug-likeness (QED) is 0.927. The molecule has 1 aromatic carbocycles. The van der Waals surface area contributed by atoms with Crippen LogP contribution in [0, 0.1) is 0 Å². The van der Waals surface area contributed by atoms with Crippen molar-refractivity contribution in [2.75, 3.05) is 13.2 Å². The predicted octanol–water partition coefficient (Wildman–Crippen LogP) is 2.53. The standard InChI is InChI=1S/C17H26N2O2/c1-12(2)14-5-4-6-16(10-14)21-11-17(20)19-8-7-15(18)9-13(19)3/h4-6,10,12-13,15H,7-9,11,18H2,1-3H3/t13-,15+/m1/s1. The summed E-state index contributed by atoms with van der Waals surface area (Å²) in [7, 11) is 0. The molecule has 21 heavy (non-hydrogen) atoms. The summed E-state index contributed by atoms with van der Waals surface area (Å²) < 4.78 is 5.66. The van der Waals surface area contributed by atoms with E-state index < -0.39 is 0 Å². The lowest BCUT2D eigenvalue weighted by atomic mass is 9.99. The fraction of sp³-hybridized carbons (Fsp3) is 0.588. The molecule has 1 aliphatic rings. The van der Waals surface area contributed by atoms with Gasteiger partial charge in [0.2, 0.25) is 0 Å². The number of hydrogen-bond acceptors (Lipinski definition) is 3. The van der Waals surface area contributed by atoms with E-state index in [0.29, 0.717) is 5.92 Å². The first-order chi connectivity index (χ1) is 9.97. The number of nitrogens with zero attached hydrogens (tertiary/aromatic N) is 1. The zero-order valence-electron chi connectivity index (χ0n) is 13.2. The van der Waals surface area contributed by atoms with Gasteiger partial charge in [0.05, 0.1) is 0 Å². The van der Waals surface area contributed by atoms with Crippen molar-refractivity contribution in [3.8, 4) is 5.75 Å². The first-order valence-electron chi connectivity index (χ1n) is 7.75. The van der Waals surface area contributed by atoms with E-state index in [1.165, 1.54) is 5.56 Å². The van der Waals surface area contributed by atoms with Crippen molar-refractivity contribution in [2.24, 2.45) is 5.73 Å². The molecule has 4 heteroatoms. The molecule has 2 rings (SSSR count). The molecule has 0 radical (unpaired) electrons. The lowest BCUT2D eigenvalue weighted by Gasteiger charge is -2.36. The third-order valence-electron chi connectivity index (χ3n) is 4.12. The molecule has 1 saturated heterocycles. The van der Waals surface area contributed by atoms with Crippen LogP contribution in [0.5, 0.6) is 5.75 Å². The van der Waals surface area contributed by atoms with Crippen LogP contribution in [0.1, 0.15) is 45.1 Å². The highest BCUT2D eigenvalue weighted by Crippen LogP contribution is 2.21. The predicted molar refractivity (Wildman–Crippen MR) is 84.4 cm³/mol. The molecule has 4 nitrogen and oxygen atoms in total. The number of ether oxygens (including phenoxy) is 1. The summed E-state index contributed by atoms with van der Waals surface area (Å²) in [6.45, 7) is 7.17. The van der Waals surface area contributed by atoms with Crippen LogP contribution in [0.4, 0.5) is 0 Å². The number of carbonyl (C=O) groups excluding carboxylic acids is 1. The Morgan fingerprint density at radius 3 is 2.90 bits per heavy atom. The number of piperidine rings is 1. The van der Waals surface area contributed by atoms with Gasteiger partial charge in [-0.25, -0.2) is 0 Å². The largest absolute Gasteiger partial charge is 0.484 e. The van der Waals surface area contributed by atoms with Gasteiger partial charge in [-0.3, -0.25) is 4.79 Å². The highest BCUT2D eigenvalue weighted by atomic mass is 16.5. The van der Waals surface area contributed by atoms with Gasteiger partial charge in [0.25, 0.3) is 5.91 Å². The van der Waals surface area contributed by atoms with Crippen molar-refractivity contribution in [1.82, 2.24) is 4.90 Å². The Morgan fingerprint density at radius 2 is 2.24 bits per heavy atom. The van der Waals surface area contributed by atoms with Crippen LogP contribution in [0.15, 0.2) is 24.3 Å². The maximum absolute atomic E-state index is 12.3. The molecule has 1 amide bonds. The van der Waals surface area contributed by atoms with E-state index in [1.807, 2.05) is 23.1 Å². The Labute approximate surface area is 127 Å². The molecule has 1 fully saturated rings. The van der Waals surface area contributed by atoms with Crippen molar-refractivity contribution >= 4 is 5.91 Å². The molecule has 0 spiro atoms. The topological polar surface area (TPSA) is 55.6 Å². The molecule has 0 unspecified atom stereocenters. The zero-order chi connectivity index (χ0) is 15.4. The van der Waals surface area contributed by atoms with Crippen LogP contribution in [-0.4, -0.2) is 36.0 Å². The van der Waals surface area contributed by atoms with Crippen molar-refractivity contribution in [3.63, 3.8) is 0 Å². The minimum absolute atomic E-state index is 0.0457. The Morgan fingerprint density at radius 1 is 1.48 bits per heavy atom. The van der Waals surface area contributed by atoms with E-state index in [-0.39, 0.29) is 24.6 Å². The number of carbonyl (C=O) groups is 1. The Bertz CT molecular complexity index is 487. The summed E-state index contributed by atoms with van der Waals surface area (Å²) in [5, 5.41) is 0. The third kappa shape index (κ3) is 4.21. The zero-order valence-corrected chi connectivity index (χ0v) is 13.2. The van der Waals surface area contributed by atoms with Crippen molar-refractivity contribution in [1.29, 1.82) is 0 Å². The smallest absolute Gasteiger partial charge is 0.260 e. The fourth-order valence-corrected chi connectivity index (χ4v) is 2.77. The van der Waals surface area contributed by atoms with Gasteiger partial charge in [-0.2, -0.15) is 0 Å². The first kappa shape index (κ1) is 15.8. The van der Waals surface area contributed by atoms with E-state index in [2.05, 4.69) is 26.8 Å². The van der Waals surface area contributed by atoms with Gasteiger partial charge in [-0.1, -0.05) is 26.0 Å². The average molecular weight is 290 g/mol. The summed E-state index contributed by atoms with van der Waals surface area (Å²) in [5.41, 5.74) is 7.15. The number of amides is 1. The van der Waals surface area contributed by atoms with Crippen molar-refractivity contribution < 1.29 is 9.53 Å². The number of likely N-dealkylation sites (tertiary alicyclic amines) is 1.